The predicted molar refractivity (Wildman–Crippen MR) is 66.3 cm³/mol. The molecular weight excluding hydrogens is 245 g/mol. The van der Waals surface area contributed by atoms with Crippen LogP contribution in [0, 0.1) is 0 Å². The van der Waals surface area contributed by atoms with E-state index in [1.54, 1.807) is 0 Å². The van der Waals surface area contributed by atoms with E-state index < -0.39 is 0 Å². The molecule has 1 aliphatic carbocycles. The summed E-state index contributed by atoms with van der Waals surface area (Å²) in [4.78, 5) is 0. The fourth-order valence-corrected chi connectivity index (χ4v) is 2.93. The summed E-state index contributed by atoms with van der Waals surface area (Å²) in [5.74, 6) is 0. The Labute approximate surface area is 92.8 Å². The molecule has 1 rings (SSSR count). The van der Waals surface area contributed by atoms with Crippen molar-refractivity contribution in [3.05, 3.63) is 0 Å². The lowest BCUT2D eigenvalue weighted by Gasteiger charge is -2.21. The first-order valence-corrected chi connectivity index (χ1v) is 6.66. The van der Waals surface area contributed by atoms with Crippen LogP contribution in [0.15, 0.2) is 0 Å². The van der Waals surface area contributed by atoms with Gasteiger partial charge in [-0.2, -0.15) is 0 Å². The number of hydrogen-bond acceptors (Lipinski definition) is 1. The second kappa shape index (κ2) is 5.68. The average Bonchev–Trinajstić information content (AvgIpc) is 2.15. The fraction of sp³-hybridized carbons (Fsp3) is 1.00. The molecule has 0 aromatic heterocycles. The van der Waals surface area contributed by atoms with Crippen LogP contribution in [0.5, 0.6) is 0 Å². The molecule has 3 unspecified atom stereocenters. The summed E-state index contributed by atoms with van der Waals surface area (Å²) >= 11 is 3.83. The van der Waals surface area contributed by atoms with E-state index in [4.69, 9.17) is 0 Å². The van der Waals surface area contributed by atoms with Crippen LogP contribution < -0.4 is 5.09 Å². The number of nitrogens with one attached hydrogen (secondary N) is 1. The Morgan fingerprint density at radius 3 is 2.54 bits per heavy atom. The highest BCUT2D eigenvalue weighted by atomic mass is 79.9. The van der Waals surface area contributed by atoms with Gasteiger partial charge in [0.25, 0.3) is 0 Å². The van der Waals surface area contributed by atoms with Gasteiger partial charge in [0.1, 0.15) is 0 Å². The molecular formula is C10H21BrNP. The Hall–Kier alpha value is 0.870. The van der Waals surface area contributed by atoms with Crippen molar-refractivity contribution >= 4 is 25.3 Å². The maximum Gasteiger partial charge on any atom is 0.0229 e. The quantitative estimate of drug-likeness (QED) is 0.564. The highest BCUT2D eigenvalue weighted by molar-refractivity contribution is 9.10. The first-order chi connectivity index (χ1) is 6.14. The molecule has 0 aliphatic heterocycles. The van der Waals surface area contributed by atoms with E-state index in [2.05, 4.69) is 37.3 Å². The van der Waals surface area contributed by atoms with Crippen molar-refractivity contribution in [2.75, 3.05) is 0 Å². The SMILES string of the molecule is CC1(Br)CCCCC(NP)CCC1. The minimum absolute atomic E-state index is 0.406. The van der Waals surface area contributed by atoms with Crippen LogP contribution in [0.1, 0.15) is 51.9 Å². The molecule has 1 saturated carbocycles. The molecule has 0 radical (unpaired) electrons. The van der Waals surface area contributed by atoms with Crippen LogP contribution >= 0.6 is 25.3 Å². The Kier molecular flexibility index (Phi) is 5.22. The number of alkyl halides is 1. The Morgan fingerprint density at radius 2 is 1.85 bits per heavy atom. The molecule has 3 atom stereocenters. The van der Waals surface area contributed by atoms with Gasteiger partial charge in [-0.3, -0.25) is 5.09 Å². The molecule has 1 nitrogen and oxygen atoms in total. The number of halogens is 1. The van der Waals surface area contributed by atoms with Crippen LogP contribution in [-0.2, 0) is 0 Å². The van der Waals surface area contributed by atoms with E-state index >= 15 is 0 Å². The van der Waals surface area contributed by atoms with Crippen LogP contribution in [-0.4, -0.2) is 10.4 Å². The molecule has 0 bridgehead atoms. The number of rotatable bonds is 1. The molecule has 3 heteroatoms. The van der Waals surface area contributed by atoms with Gasteiger partial charge < -0.3 is 0 Å². The van der Waals surface area contributed by atoms with Crippen molar-refractivity contribution in [1.82, 2.24) is 5.09 Å². The molecule has 0 amide bonds. The van der Waals surface area contributed by atoms with Crippen molar-refractivity contribution < 1.29 is 0 Å². The van der Waals surface area contributed by atoms with E-state index in [0.29, 0.717) is 4.32 Å². The molecule has 0 saturated heterocycles. The van der Waals surface area contributed by atoms with E-state index in [1.165, 1.54) is 44.9 Å². The first-order valence-electron chi connectivity index (χ1n) is 5.29. The van der Waals surface area contributed by atoms with Gasteiger partial charge in [-0.1, -0.05) is 44.6 Å². The van der Waals surface area contributed by atoms with Gasteiger partial charge in [0.05, 0.1) is 0 Å². The number of hydrogen-bond donors (Lipinski definition) is 1. The smallest absolute Gasteiger partial charge is 0.0229 e. The Morgan fingerprint density at radius 1 is 1.23 bits per heavy atom. The molecule has 78 valence electrons. The second-order valence-corrected chi connectivity index (χ2v) is 6.66. The van der Waals surface area contributed by atoms with Crippen molar-refractivity contribution in [1.29, 1.82) is 0 Å². The summed E-state index contributed by atoms with van der Waals surface area (Å²) in [6, 6.07) is 0.728. The van der Waals surface area contributed by atoms with Crippen LogP contribution in [0.25, 0.3) is 0 Å². The largest absolute Gasteiger partial charge is 0.298 e. The van der Waals surface area contributed by atoms with Gasteiger partial charge in [-0.05, 0) is 32.6 Å². The summed E-state index contributed by atoms with van der Waals surface area (Å²) in [6.07, 6.45) is 9.38. The van der Waals surface area contributed by atoms with Crippen LogP contribution in [0.3, 0.4) is 0 Å². The van der Waals surface area contributed by atoms with Gasteiger partial charge in [-0.25, -0.2) is 0 Å². The minimum Gasteiger partial charge on any atom is -0.298 e. The predicted octanol–water partition coefficient (Wildman–Crippen LogP) is 3.63. The topological polar surface area (TPSA) is 12.0 Å². The van der Waals surface area contributed by atoms with Gasteiger partial charge in [-0.15, -0.1) is 0 Å². The van der Waals surface area contributed by atoms with Crippen molar-refractivity contribution in [2.24, 2.45) is 0 Å². The molecule has 0 spiro atoms. The van der Waals surface area contributed by atoms with E-state index in [1.807, 2.05) is 0 Å². The summed E-state index contributed by atoms with van der Waals surface area (Å²) < 4.78 is 0.406. The van der Waals surface area contributed by atoms with Crippen molar-refractivity contribution in [2.45, 2.75) is 62.2 Å². The van der Waals surface area contributed by atoms with Gasteiger partial charge in [0, 0.05) is 10.4 Å². The van der Waals surface area contributed by atoms with Crippen molar-refractivity contribution in [3.8, 4) is 0 Å². The maximum absolute atomic E-state index is 3.83. The lowest BCUT2D eigenvalue weighted by atomic mass is 9.99. The Balaban J connectivity index is 2.38. The summed E-state index contributed by atoms with van der Waals surface area (Å²) in [5, 5.41) is 3.33. The van der Waals surface area contributed by atoms with Gasteiger partial charge in [0.2, 0.25) is 0 Å². The van der Waals surface area contributed by atoms with E-state index in [-0.39, 0.29) is 0 Å². The Bertz CT molecular complexity index is 150. The average molecular weight is 266 g/mol. The first kappa shape index (κ1) is 11.9. The lowest BCUT2D eigenvalue weighted by Crippen LogP contribution is -2.20. The van der Waals surface area contributed by atoms with E-state index in [0.717, 1.165) is 6.04 Å². The second-order valence-electron chi connectivity index (χ2n) is 4.41. The van der Waals surface area contributed by atoms with Crippen molar-refractivity contribution in [3.63, 3.8) is 0 Å². The zero-order valence-electron chi connectivity index (χ0n) is 8.48. The van der Waals surface area contributed by atoms with Crippen LogP contribution in [0.4, 0.5) is 0 Å². The molecule has 0 aromatic rings. The fourth-order valence-electron chi connectivity index (χ4n) is 2.04. The third-order valence-corrected chi connectivity index (χ3v) is 4.25. The lowest BCUT2D eigenvalue weighted by molar-refractivity contribution is 0.499. The van der Waals surface area contributed by atoms with E-state index in [9.17, 15) is 0 Å². The molecule has 0 heterocycles. The molecule has 13 heavy (non-hydrogen) atoms. The maximum atomic E-state index is 3.83. The monoisotopic (exact) mass is 265 g/mol. The molecule has 0 aromatic carbocycles. The highest BCUT2D eigenvalue weighted by Crippen LogP contribution is 2.32. The standard InChI is InChI=1S/C10H21BrNP/c1-10(11)7-3-2-5-9(12-13)6-4-8-10/h9,12H,2-8,13H2,1H3. The normalized spacial score (nSPS) is 37.6. The molecule has 1 N–H and O–H groups in total. The third-order valence-electron chi connectivity index (χ3n) is 2.99. The zero-order valence-corrected chi connectivity index (χ0v) is 11.2. The third kappa shape index (κ3) is 4.76. The van der Waals surface area contributed by atoms with Gasteiger partial charge >= 0.3 is 0 Å². The summed E-state index contributed by atoms with van der Waals surface area (Å²) in [5.41, 5.74) is 0. The zero-order chi connectivity index (χ0) is 9.73. The molecule has 1 fully saturated rings. The molecule has 1 aliphatic rings. The summed E-state index contributed by atoms with van der Waals surface area (Å²) in [6.45, 7) is 2.33. The van der Waals surface area contributed by atoms with Gasteiger partial charge in [0.15, 0.2) is 0 Å². The highest BCUT2D eigenvalue weighted by Gasteiger charge is 2.21. The van der Waals surface area contributed by atoms with Crippen LogP contribution in [0.2, 0.25) is 0 Å². The minimum atomic E-state index is 0.406. The summed E-state index contributed by atoms with van der Waals surface area (Å²) in [7, 11) is 2.66.